The molecule has 0 saturated carbocycles. The predicted molar refractivity (Wildman–Crippen MR) is 114 cm³/mol. The summed E-state index contributed by atoms with van der Waals surface area (Å²) in [5.41, 5.74) is 4.57. The van der Waals surface area contributed by atoms with Gasteiger partial charge in [0.05, 0.1) is 12.8 Å². The summed E-state index contributed by atoms with van der Waals surface area (Å²) in [5, 5.41) is 8.92. The van der Waals surface area contributed by atoms with Gasteiger partial charge in [0.15, 0.2) is 17.4 Å². The first-order chi connectivity index (χ1) is 14.4. The zero-order valence-corrected chi connectivity index (χ0v) is 15.8. The van der Waals surface area contributed by atoms with Crippen LogP contribution < -0.4 is 0 Å². The molecule has 0 N–H and O–H groups in total. The molecular formula is C25H19N3O. The van der Waals surface area contributed by atoms with E-state index in [9.17, 15) is 0 Å². The molecule has 0 spiro atoms. The van der Waals surface area contributed by atoms with Crippen molar-refractivity contribution < 1.29 is 4.42 Å². The van der Waals surface area contributed by atoms with E-state index < -0.39 is 0 Å². The van der Waals surface area contributed by atoms with Crippen LogP contribution in [0.5, 0.6) is 0 Å². The number of furan rings is 1. The van der Waals surface area contributed by atoms with E-state index in [4.69, 9.17) is 4.42 Å². The van der Waals surface area contributed by atoms with Crippen molar-refractivity contribution in [3.05, 3.63) is 109 Å². The maximum absolute atomic E-state index is 5.60. The second kappa shape index (κ2) is 7.60. The Morgan fingerprint density at radius 3 is 1.90 bits per heavy atom. The number of rotatable bonds is 5. The normalized spacial score (nSPS) is 10.9. The molecule has 140 valence electrons. The van der Waals surface area contributed by atoms with Gasteiger partial charge in [-0.3, -0.25) is 4.57 Å². The summed E-state index contributed by atoms with van der Waals surface area (Å²) in [5.74, 6) is 2.25. The van der Waals surface area contributed by atoms with Crippen LogP contribution in [0.25, 0.3) is 34.1 Å². The van der Waals surface area contributed by atoms with Crippen LogP contribution >= 0.6 is 0 Å². The minimum atomic E-state index is 0.666. The number of nitrogens with zero attached hydrogens (tertiary/aromatic N) is 3. The lowest BCUT2D eigenvalue weighted by atomic mass is 10.0. The van der Waals surface area contributed by atoms with Crippen LogP contribution in [0.3, 0.4) is 0 Å². The molecule has 0 atom stereocenters. The highest BCUT2D eigenvalue weighted by Crippen LogP contribution is 2.28. The summed E-state index contributed by atoms with van der Waals surface area (Å²) < 4.78 is 7.70. The number of aromatic nitrogens is 3. The van der Waals surface area contributed by atoms with Crippen molar-refractivity contribution in [2.45, 2.75) is 6.54 Å². The van der Waals surface area contributed by atoms with Crippen molar-refractivity contribution in [2.75, 3.05) is 0 Å². The summed E-state index contributed by atoms with van der Waals surface area (Å²) in [6, 6.07) is 32.9. The molecule has 4 nitrogen and oxygen atoms in total. The standard InChI is InChI=1S/C25H19N3O/c1-3-8-19(9-4-1)18-28-24(26-27-25(28)23-12-7-17-29-23)22-15-13-21(14-16-22)20-10-5-2-6-11-20/h1-17H,18H2. The predicted octanol–water partition coefficient (Wildman–Crippen LogP) is 5.92. The van der Waals surface area contributed by atoms with Crippen molar-refractivity contribution in [3.8, 4) is 34.1 Å². The highest BCUT2D eigenvalue weighted by atomic mass is 16.3. The van der Waals surface area contributed by atoms with Crippen LogP contribution in [0.2, 0.25) is 0 Å². The van der Waals surface area contributed by atoms with Crippen molar-refractivity contribution >= 4 is 0 Å². The van der Waals surface area contributed by atoms with Crippen LogP contribution in [0, 0.1) is 0 Å². The molecule has 0 amide bonds. The SMILES string of the molecule is c1ccc(Cn2c(-c3ccc(-c4ccccc4)cc3)nnc2-c2ccco2)cc1. The zero-order valence-electron chi connectivity index (χ0n) is 15.8. The first-order valence-electron chi connectivity index (χ1n) is 9.55. The molecule has 0 aliphatic rings. The van der Waals surface area contributed by atoms with Gasteiger partial charge in [0.25, 0.3) is 0 Å². The molecular weight excluding hydrogens is 358 g/mol. The molecule has 0 saturated heterocycles. The Morgan fingerprint density at radius 1 is 0.586 bits per heavy atom. The monoisotopic (exact) mass is 377 g/mol. The van der Waals surface area contributed by atoms with Crippen molar-refractivity contribution in [1.82, 2.24) is 14.8 Å². The Bertz CT molecular complexity index is 1190. The number of hydrogen-bond acceptors (Lipinski definition) is 3. The van der Waals surface area contributed by atoms with Gasteiger partial charge in [-0.05, 0) is 28.8 Å². The van der Waals surface area contributed by atoms with Gasteiger partial charge >= 0.3 is 0 Å². The van der Waals surface area contributed by atoms with E-state index in [1.165, 1.54) is 16.7 Å². The van der Waals surface area contributed by atoms with Gasteiger partial charge in [-0.1, -0.05) is 84.9 Å². The Labute approximate surface area is 169 Å². The van der Waals surface area contributed by atoms with Crippen molar-refractivity contribution in [3.63, 3.8) is 0 Å². The van der Waals surface area contributed by atoms with Crippen LogP contribution in [0.1, 0.15) is 5.56 Å². The third-order valence-electron chi connectivity index (χ3n) is 4.93. The maximum atomic E-state index is 5.60. The molecule has 0 unspecified atom stereocenters. The van der Waals surface area contributed by atoms with Gasteiger partial charge in [0, 0.05) is 5.56 Å². The van der Waals surface area contributed by atoms with Gasteiger partial charge in [0.2, 0.25) is 0 Å². The summed E-state index contributed by atoms with van der Waals surface area (Å²) >= 11 is 0. The van der Waals surface area contributed by atoms with Gasteiger partial charge in [-0.15, -0.1) is 10.2 Å². The Kier molecular flexibility index (Phi) is 4.51. The van der Waals surface area contributed by atoms with E-state index in [1.807, 2.05) is 36.4 Å². The number of benzene rings is 3. The van der Waals surface area contributed by atoms with Crippen molar-refractivity contribution in [1.29, 1.82) is 0 Å². The molecule has 5 rings (SSSR count). The van der Waals surface area contributed by atoms with Gasteiger partial charge in [-0.2, -0.15) is 0 Å². The average Bonchev–Trinajstić information content (AvgIpc) is 3.45. The minimum Gasteiger partial charge on any atom is -0.461 e. The van der Waals surface area contributed by atoms with E-state index in [-0.39, 0.29) is 0 Å². The van der Waals surface area contributed by atoms with E-state index in [0.29, 0.717) is 12.3 Å². The molecule has 4 heteroatoms. The molecule has 0 aliphatic heterocycles. The highest BCUT2D eigenvalue weighted by Gasteiger charge is 2.17. The van der Waals surface area contributed by atoms with E-state index in [2.05, 4.69) is 75.4 Å². The quantitative estimate of drug-likeness (QED) is 0.382. The van der Waals surface area contributed by atoms with Crippen LogP contribution in [-0.4, -0.2) is 14.8 Å². The van der Waals surface area contributed by atoms with Crippen LogP contribution in [0.15, 0.2) is 108 Å². The van der Waals surface area contributed by atoms with Crippen LogP contribution in [0.4, 0.5) is 0 Å². The third-order valence-corrected chi connectivity index (χ3v) is 4.93. The van der Waals surface area contributed by atoms with Crippen molar-refractivity contribution in [2.24, 2.45) is 0 Å². The molecule has 2 aromatic heterocycles. The summed E-state index contributed by atoms with van der Waals surface area (Å²) in [6.45, 7) is 0.666. The number of hydrogen-bond donors (Lipinski definition) is 0. The summed E-state index contributed by atoms with van der Waals surface area (Å²) in [6.07, 6.45) is 1.66. The average molecular weight is 377 g/mol. The first-order valence-corrected chi connectivity index (χ1v) is 9.55. The molecule has 0 radical (unpaired) electrons. The third kappa shape index (κ3) is 3.48. The molecule has 29 heavy (non-hydrogen) atoms. The Morgan fingerprint density at radius 2 is 1.21 bits per heavy atom. The van der Waals surface area contributed by atoms with Gasteiger partial charge in [-0.25, -0.2) is 0 Å². The van der Waals surface area contributed by atoms with Gasteiger partial charge in [0.1, 0.15) is 0 Å². The first kappa shape index (κ1) is 17.2. The molecule has 0 aliphatic carbocycles. The largest absolute Gasteiger partial charge is 0.461 e. The second-order valence-corrected chi connectivity index (χ2v) is 6.84. The highest BCUT2D eigenvalue weighted by molar-refractivity contribution is 5.68. The van der Waals surface area contributed by atoms with E-state index in [0.717, 1.165) is 17.2 Å². The molecule has 0 fully saturated rings. The van der Waals surface area contributed by atoms with Crippen LogP contribution in [-0.2, 0) is 6.54 Å². The summed E-state index contributed by atoms with van der Waals surface area (Å²) in [7, 11) is 0. The smallest absolute Gasteiger partial charge is 0.200 e. The minimum absolute atomic E-state index is 0.666. The van der Waals surface area contributed by atoms with E-state index in [1.54, 1.807) is 6.26 Å². The fourth-order valence-electron chi connectivity index (χ4n) is 3.46. The topological polar surface area (TPSA) is 43.9 Å². The Balaban J connectivity index is 1.56. The van der Waals surface area contributed by atoms with Gasteiger partial charge < -0.3 is 4.42 Å². The zero-order chi connectivity index (χ0) is 19.5. The molecule has 0 bridgehead atoms. The second-order valence-electron chi connectivity index (χ2n) is 6.84. The maximum Gasteiger partial charge on any atom is 0.200 e. The fraction of sp³-hybridized carbons (Fsp3) is 0.0400. The molecule has 2 heterocycles. The lowest BCUT2D eigenvalue weighted by molar-refractivity contribution is 0.572. The Hall–Kier alpha value is -3.92. The molecule has 5 aromatic rings. The summed E-state index contributed by atoms with van der Waals surface area (Å²) in [4.78, 5) is 0. The molecule has 3 aromatic carbocycles. The lowest BCUT2D eigenvalue weighted by Crippen LogP contribution is -2.04. The lowest BCUT2D eigenvalue weighted by Gasteiger charge is -2.10. The fourth-order valence-corrected chi connectivity index (χ4v) is 3.46. The van der Waals surface area contributed by atoms with E-state index >= 15 is 0 Å².